The van der Waals surface area contributed by atoms with Gasteiger partial charge < -0.3 is 14.4 Å². The monoisotopic (exact) mass is 250 g/mol. The molecule has 1 unspecified atom stereocenters. The number of carbonyl (C=O) groups is 1. The van der Waals surface area contributed by atoms with E-state index < -0.39 is 0 Å². The van der Waals surface area contributed by atoms with Gasteiger partial charge >= 0.3 is 5.97 Å². The second kappa shape index (κ2) is 5.82. The molecule has 1 atom stereocenters. The van der Waals surface area contributed by atoms with E-state index >= 15 is 0 Å². The van der Waals surface area contributed by atoms with Crippen LogP contribution in [0.15, 0.2) is 18.3 Å². The van der Waals surface area contributed by atoms with Gasteiger partial charge in [-0.2, -0.15) is 0 Å². The largest absolute Gasteiger partial charge is 0.462 e. The summed E-state index contributed by atoms with van der Waals surface area (Å²) < 4.78 is 10.3. The van der Waals surface area contributed by atoms with Crippen LogP contribution < -0.4 is 4.90 Å². The van der Waals surface area contributed by atoms with Crippen molar-refractivity contribution < 1.29 is 14.3 Å². The van der Waals surface area contributed by atoms with Crippen molar-refractivity contribution in [1.29, 1.82) is 0 Å². The summed E-state index contributed by atoms with van der Waals surface area (Å²) >= 11 is 0. The maximum Gasteiger partial charge on any atom is 0.339 e. The maximum atomic E-state index is 11.5. The summed E-state index contributed by atoms with van der Waals surface area (Å²) in [5.74, 6) is 0.516. The second-order valence-corrected chi connectivity index (χ2v) is 4.25. The van der Waals surface area contributed by atoms with Crippen molar-refractivity contribution in [2.24, 2.45) is 0 Å². The minimum absolute atomic E-state index is 0.330. The molecule has 2 rings (SSSR count). The van der Waals surface area contributed by atoms with Crippen LogP contribution in [0.3, 0.4) is 0 Å². The van der Waals surface area contributed by atoms with Gasteiger partial charge in [0.25, 0.3) is 0 Å². The van der Waals surface area contributed by atoms with E-state index in [2.05, 4.69) is 9.88 Å². The lowest BCUT2D eigenvalue weighted by Gasteiger charge is -2.24. The fourth-order valence-corrected chi connectivity index (χ4v) is 1.94. The molecule has 2 heterocycles. The van der Waals surface area contributed by atoms with Crippen molar-refractivity contribution in [2.45, 2.75) is 19.4 Å². The van der Waals surface area contributed by atoms with Crippen LogP contribution in [-0.2, 0) is 9.47 Å². The summed E-state index contributed by atoms with van der Waals surface area (Å²) in [6.07, 6.45) is 2.57. The van der Waals surface area contributed by atoms with Gasteiger partial charge in [0.15, 0.2) is 0 Å². The standard InChI is InChI=1S/C13H18N2O3/c1-3-18-13(16)10-4-5-12(14-8-10)15(2)11-6-7-17-9-11/h4-5,8,11H,3,6-7,9H2,1-2H3. The van der Waals surface area contributed by atoms with Gasteiger partial charge in [0.05, 0.1) is 24.8 Å². The maximum absolute atomic E-state index is 11.5. The lowest BCUT2D eigenvalue weighted by atomic mass is 10.2. The number of likely N-dealkylation sites (N-methyl/N-ethyl adjacent to an activating group) is 1. The zero-order valence-corrected chi connectivity index (χ0v) is 10.8. The Morgan fingerprint density at radius 2 is 2.44 bits per heavy atom. The zero-order chi connectivity index (χ0) is 13.0. The Kier molecular flexibility index (Phi) is 4.15. The highest BCUT2D eigenvalue weighted by molar-refractivity contribution is 5.89. The van der Waals surface area contributed by atoms with E-state index in [1.54, 1.807) is 19.2 Å². The van der Waals surface area contributed by atoms with Crippen LogP contribution in [0.2, 0.25) is 0 Å². The van der Waals surface area contributed by atoms with E-state index in [9.17, 15) is 4.79 Å². The molecule has 1 aliphatic rings. The van der Waals surface area contributed by atoms with Crippen molar-refractivity contribution in [3.63, 3.8) is 0 Å². The average molecular weight is 250 g/mol. The lowest BCUT2D eigenvalue weighted by molar-refractivity contribution is 0.0526. The van der Waals surface area contributed by atoms with Gasteiger partial charge in [0.2, 0.25) is 0 Å². The zero-order valence-electron chi connectivity index (χ0n) is 10.8. The van der Waals surface area contributed by atoms with Gasteiger partial charge in [-0.3, -0.25) is 0 Å². The van der Waals surface area contributed by atoms with Crippen LogP contribution >= 0.6 is 0 Å². The summed E-state index contributed by atoms with van der Waals surface area (Å²) in [7, 11) is 1.99. The topological polar surface area (TPSA) is 51.7 Å². The van der Waals surface area contributed by atoms with Crippen LogP contribution in [0.1, 0.15) is 23.7 Å². The molecule has 0 bridgehead atoms. The summed E-state index contributed by atoms with van der Waals surface area (Å²) in [5.41, 5.74) is 0.483. The number of esters is 1. The molecule has 1 aromatic heterocycles. The van der Waals surface area contributed by atoms with E-state index in [-0.39, 0.29) is 5.97 Å². The van der Waals surface area contributed by atoms with E-state index in [1.165, 1.54) is 0 Å². The van der Waals surface area contributed by atoms with Crippen molar-refractivity contribution in [2.75, 3.05) is 31.8 Å². The second-order valence-electron chi connectivity index (χ2n) is 4.25. The molecule has 0 amide bonds. The predicted octanol–water partition coefficient (Wildman–Crippen LogP) is 1.48. The van der Waals surface area contributed by atoms with Crippen LogP contribution in [0, 0.1) is 0 Å². The molecule has 5 nitrogen and oxygen atoms in total. The molecule has 1 saturated heterocycles. The lowest BCUT2D eigenvalue weighted by Crippen LogP contribution is -2.32. The number of hydrogen-bond acceptors (Lipinski definition) is 5. The van der Waals surface area contributed by atoms with E-state index in [4.69, 9.17) is 9.47 Å². The highest BCUT2D eigenvalue weighted by Gasteiger charge is 2.21. The minimum atomic E-state index is -0.330. The molecular formula is C13H18N2O3. The SMILES string of the molecule is CCOC(=O)c1ccc(N(C)C2CCOC2)nc1. The fraction of sp³-hybridized carbons (Fsp3) is 0.538. The van der Waals surface area contributed by atoms with Crippen molar-refractivity contribution in [1.82, 2.24) is 4.98 Å². The first-order valence-corrected chi connectivity index (χ1v) is 6.16. The summed E-state index contributed by atoms with van der Waals surface area (Å²) in [6.45, 7) is 3.70. The number of carbonyl (C=O) groups excluding carboxylic acids is 1. The summed E-state index contributed by atoms with van der Waals surface area (Å²) in [5, 5.41) is 0. The minimum Gasteiger partial charge on any atom is -0.462 e. The molecule has 1 aliphatic heterocycles. The molecule has 0 radical (unpaired) electrons. The number of aromatic nitrogens is 1. The number of hydrogen-bond donors (Lipinski definition) is 0. The first kappa shape index (κ1) is 12.8. The number of pyridine rings is 1. The average Bonchev–Trinajstić information content (AvgIpc) is 2.92. The smallest absolute Gasteiger partial charge is 0.339 e. The molecule has 18 heavy (non-hydrogen) atoms. The Balaban J connectivity index is 2.04. The summed E-state index contributed by atoms with van der Waals surface area (Å²) in [4.78, 5) is 17.9. The molecule has 0 saturated carbocycles. The number of ether oxygens (including phenoxy) is 2. The Morgan fingerprint density at radius 3 is 3.00 bits per heavy atom. The third-order valence-corrected chi connectivity index (χ3v) is 3.07. The molecular weight excluding hydrogens is 232 g/mol. The Bertz CT molecular complexity index is 399. The van der Waals surface area contributed by atoms with Gasteiger partial charge in [-0.05, 0) is 25.5 Å². The quantitative estimate of drug-likeness (QED) is 0.758. The van der Waals surface area contributed by atoms with Gasteiger partial charge in [-0.25, -0.2) is 9.78 Å². The highest BCUT2D eigenvalue weighted by atomic mass is 16.5. The Hall–Kier alpha value is -1.62. The van der Waals surface area contributed by atoms with Gasteiger partial charge in [0, 0.05) is 19.9 Å². The van der Waals surface area contributed by atoms with Crippen LogP contribution in [0.4, 0.5) is 5.82 Å². The van der Waals surface area contributed by atoms with E-state index in [1.807, 2.05) is 13.1 Å². The van der Waals surface area contributed by atoms with Gasteiger partial charge in [-0.15, -0.1) is 0 Å². The molecule has 0 aromatic carbocycles. The molecule has 1 fully saturated rings. The van der Waals surface area contributed by atoms with Gasteiger partial charge in [-0.1, -0.05) is 0 Å². The molecule has 98 valence electrons. The van der Waals surface area contributed by atoms with E-state index in [0.717, 1.165) is 25.5 Å². The predicted molar refractivity (Wildman–Crippen MR) is 67.8 cm³/mol. The molecule has 0 N–H and O–H groups in total. The normalized spacial score (nSPS) is 18.7. The van der Waals surface area contributed by atoms with E-state index in [0.29, 0.717) is 18.2 Å². The first-order chi connectivity index (χ1) is 8.72. The summed E-state index contributed by atoms with van der Waals surface area (Å²) in [6, 6.07) is 3.95. The first-order valence-electron chi connectivity index (χ1n) is 6.16. The number of anilines is 1. The Morgan fingerprint density at radius 1 is 1.61 bits per heavy atom. The third-order valence-electron chi connectivity index (χ3n) is 3.07. The Labute approximate surface area is 107 Å². The van der Waals surface area contributed by atoms with Crippen LogP contribution in [0.5, 0.6) is 0 Å². The fourth-order valence-electron chi connectivity index (χ4n) is 1.94. The molecule has 0 aliphatic carbocycles. The molecule has 0 spiro atoms. The van der Waals surface area contributed by atoms with Crippen molar-refractivity contribution in [3.8, 4) is 0 Å². The van der Waals surface area contributed by atoms with Gasteiger partial charge in [0.1, 0.15) is 5.82 Å². The third kappa shape index (κ3) is 2.79. The molecule has 1 aromatic rings. The van der Waals surface area contributed by atoms with Crippen molar-refractivity contribution in [3.05, 3.63) is 23.9 Å². The number of nitrogens with zero attached hydrogens (tertiary/aromatic N) is 2. The molecule has 5 heteroatoms. The van der Waals surface area contributed by atoms with Crippen molar-refractivity contribution >= 4 is 11.8 Å². The van der Waals surface area contributed by atoms with Crippen LogP contribution in [0.25, 0.3) is 0 Å². The highest BCUT2D eigenvalue weighted by Crippen LogP contribution is 2.18. The van der Waals surface area contributed by atoms with Crippen LogP contribution in [-0.4, -0.2) is 43.9 Å². The number of rotatable bonds is 4.